The van der Waals surface area contributed by atoms with E-state index in [1.54, 1.807) is 20.4 Å². The average molecular weight is 359 g/mol. The first-order valence-corrected chi connectivity index (χ1v) is 10.4. The van der Waals surface area contributed by atoms with Gasteiger partial charge in [-0.2, -0.15) is 17.0 Å². The van der Waals surface area contributed by atoms with Gasteiger partial charge in [-0.1, -0.05) is 0 Å². The average Bonchev–Trinajstić information content (AvgIpc) is 3.06. The third-order valence-corrected chi connectivity index (χ3v) is 7.77. The molecule has 0 aromatic rings. The van der Waals surface area contributed by atoms with E-state index in [-0.39, 0.29) is 11.3 Å². The van der Waals surface area contributed by atoms with Crippen molar-refractivity contribution < 1.29 is 18.3 Å². The van der Waals surface area contributed by atoms with Crippen LogP contribution in [0.5, 0.6) is 0 Å². The topological polar surface area (TPSA) is 81.2 Å². The maximum absolute atomic E-state index is 12.7. The molecule has 1 atom stereocenters. The van der Waals surface area contributed by atoms with Crippen LogP contribution in [0.2, 0.25) is 0 Å². The summed E-state index contributed by atoms with van der Waals surface area (Å²) < 4.78 is 28.6. The molecular formula is C16H29N3O4S. The Morgan fingerprint density at radius 2 is 1.67 bits per heavy atom. The quantitative estimate of drug-likeness (QED) is 0.788. The van der Waals surface area contributed by atoms with Gasteiger partial charge in [0.2, 0.25) is 5.91 Å². The molecule has 0 saturated carbocycles. The summed E-state index contributed by atoms with van der Waals surface area (Å²) in [7, 11) is -3.31. The second-order valence-corrected chi connectivity index (χ2v) is 9.56. The highest BCUT2D eigenvalue weighted by atomic mass is 32.2. The van der Waals surface area contributed by atoms with Gasteiger partial charge in [0, 0.05) is 45.7 Å². The van der Waals surface area contributed by atoms with Crippen molar-refractivity contribution in [3.8, 4) is 0 Å². The van der Waals surface area contributed by atoms with E-state index < -0.39 is 16.3 Å². The molecule has 1 N–H and O–H groups in total. The maximum atomic E-state index is 12.7. The largest absolute Gasteiger partial charge is 0.392 e. The molecule has 3 fully saturated rings. The molecule has 1 spiro atoms. The summed E-state index contributed by atoms with van der Waals surface area (Å²) in [6.45, 7) is 5.07. The van der Waals surface area contributed by atoms with Crippen LogP contribution in [0, 0.1) is 5.41 Å². The van der Waals surface area contributed by atoms with Crippen LogP contribution in [0.4, 0.5) is 0 Å². The number of rotatable bonds is 4. The number of hydrogen-bond acceptors (Lipinski definition) is 4. The molecule has 3 aliphatic heterocycles. The molecule has 1 amide bonds. The number of piperidine rings is 2. The van der Waals surface area contributed by atoms with E-state index in [1.165, 1.54) is 0 Å². The SMILES string of the molecule is C[C@@H](O)CN1CC2(CCC1=O)CCN(S(=O)(=O)N1CCCC1)CC2. The number of nitrogens with zero attached hydrogens (tertiary/aromatic N) is 3. The van der Waals surface area contributed by atoms with Gasteiger partial charge in [-0.25, -0.2) is 0 Å². The maximum Gasteiger partial charge on any atom is 0.281 e. The normalized spacial score (nSPS) is 27.8. The number of hydrogen-bond donors (Lipinski definition) is 1. The van der Waals surface area contributed by atoms with Crippen molar-refractivity contribution in [1.82, 2.24) is 13.5 Å². The molecule has 3 heterocycles. The number of carbonyl (C=O) groups is 1. The molecule has 0 radical (unpaired) electrons. The number of aliphatic hydroxyl groups excluding tert-OH is 1. The van der Waals surface area contributed by atoms with Gasteiger partial charge < -0.3 is 10.0 Å². The third-order valence-electron chi connectivity index (χ3n) is 5.73. The fraction of sp³-hybridized carbons (Fsp3) is 0.938. The third kappa shape index (κ3) is 3.61. The van der Waals surface area contributed by atoms with Crippen molar-refractivity contribution in [2.75, 3.05) is 39.3 Å². The van der Waals surface area contributed by atoms with E-state index in [9.17, 15) is 18.3 Å². The number of carbonyl (C=O) groups excluding carboxylic acids is 1. The van der Waals surface area contributed by atoms with E-state index >= 15 is 0 Å². The standard InChI is InChI=1S/C16H29N3O4S/c1-14(20)12-17-13-16(5-4-15(17)21)6-10-19(11-7-16)24(22,23)18-8-2-3-9-18/h14,20H,2-13H2,1H3/t14-/m1/s1. The molecule has 0 unspecified atom stereocenters. The second-order valence-electron chi connectivity index (χ2n) is 7.64. The Hall–Kier alpha value is -0.700. The van der Waals surface area contributed by atoms with Gasteiger partial charge in [0.25, 0.3) is 10.2 Å². The van der Waals surface area contributed by atoms with Crippen LogP contribution in [0.3, 0.4) is 0 Å². The summed E-state index contributed by atoms with van der Waals surface area (Å²) in [5, 5.41) is 9.59. The lowest BCUT2D eigenvalue weighted by molar-refractivity contribution is -0.140. The first kappa shape index (κ1) is 18.1. The summed E-state index contributed by atoms with van der Waals surface area (Å²) in [5.74, 6) is 0.105. The van der Waals surface area contributed by atoms with Gasteiger partial charge in [0.15, 0.2) is 0 Å². The Morgan fingerprint density at radius 1 is 1.08 bits per heavy atom. The Labute approximate surface area is 144 Å². The van der Waals surface area contributed by atoms with Crippen molar-refractivity contribution >= 4 is 16.1 Å². The molecule has 0 bridgehead atoms. The van der Waals surface area contributed by atoms with Gasteiger partial charge >= 0.3 is 0 Å². The Morgan fingerprint density at radius 3 is 2.25 bits per heavy atom. The van der Waals surface area contributed by atoms with Crippen LogP contribution < -0.4 is 0 Å². The highest BCUT2D eigenvalue weighted by Gasteiger charge is 2.44. The van der Waals surface area contributed by atoms with Gasteiger partial charge in [0.05, 0.1) is 6.10 Å². The zero-order chi connectivity index (χ0) is 17.4. The monoisotopic (exact) mass is 359 g/mol. The minimum atomic E-state index is -3.31. The number of β-amino-alcohol motifs (C(OH)–C–C–N with tert-alkyl or cyclic N) is 1. The van der Waals surface area contributed by atoms with Crippen LogP contribution in [0.15, 0.2) is 0 Å². The van der Waals surface area contributed by atoms with E-state index in [0.29, 0.717) is 45.7 Å². The predicted molar refractivity (Wildman–Crippen MR) is 90.5 cm³/mol. The lowest BCUT2D eigenvalue weighted by Gasteiger charge is -2.47. The number of likely N-dealkylation sites (tertiary alicyclic amines) is 1. The van der Waals surface area contributed by atoms with Gasteiger partial charge in [-0.3, -0.25) is 4.79 Å². The molecule has 0 aliphatic carbocycles. The van der Waals surface area contributed by atoms with Crippen LogP contribution >= 0.6 is 0 Å². The summed E-state index contributed by atoms with van der Waals surface area (Å²) in [5.41, 5.74) is 0.0137. The lowest BCUT2D eigenvalue weighted by atomic mass is 9.72. The lowest BCUT2D eigenvalue weighted by Crippen LogP contribution is -2.54. The van der Waals surface area contributed by atoms with Gasteiger partial charge in [-0.15, -0.1) is 0 Å². The fourth-order valence-electron chi connectivity index (χ4n) is 4.27. The van der Waals surface area contributed by atoms with Crippen LogP contribution in [0.25, 0.3) is 0 Å². The molecule has 3 aliphatic rings. The van der Waals surface area contributed by atoms with E-state index in [2.05, 4.69) is 0 Å². The van der Waals surface area contributed by atoms with E-state index in [1.807, 2.05) is 0 Å². The second kappa shape index (κ2) is 6.90. The molecule has 0 aromatic heterocycles. The fourth-order valence-corrected chi connectivity index (χ4v) is 5.96. The zero-order valence-electron chi connectivity index (χ0n) is 14.5. The van der Waals surface area contributed by atoms with Crippen LogP contribution in [0.1, 0.15) is 45.4 Å². The first-order valence-electron chi connectivity index (χ1n) is 9.04. The zero-order valence-corrected chi connectivity index (χ0v) is 15.3. The molecule has 138 valence electrons. The smallest absolute Gasteiger partial charge is 0.281 e. The van der Waals surface area contributed by atoms with Crippen LogP contribution in [-0.4, -0.2) is 78.3 Å². The van der Waals surface area contributed by atoms with Crippen molar-refractivity contribution in [2.45, 2.75) is 51.6 Å². The highest BCUT2D eigenvalue weighted by molar-refractivity contribution is 7.86. The van der Waals surface area contributed by atoms with Crippen molar-refractivity contribution in [2.24, 2.45) is 5.41 Å². The molecule has 8 heteroatoms. The van der Waals surface area contributed by atoms with E-state index in [0.717, 1.165) is 32.1 Å². The molecular weight excluding hydrogens is 330 g/mol. The summed E-state index contributed by atoms with van der Waals surface area (Å²) in [4.78, 5) is 13.8. The van der Waals surface area contributed by atoms with Crippen LogP contribution in [-0.2, 0) is 15.0 Å². The molecule has 7 nitrogen and oxygen atoms in total. The van der Waals surface area contributed by atoms with Crippen molar-refractivity contribution in [3.05, 3.63) is 0 Å². The van der Waals surface area contributed by atoms with Crippen molar-refractivity contribution in [3.63, 3.8) is 0 Å². The number of amides is 1. The summed E-state index contributed by atoms with van der Waals surface area (Å²) in [6, 6.07) is 0. The van der Waals surface area contributed by atoms with Gasteiger partial charge in [-0.05, 0) is 44.4 Å². The Bertz CT molecular complexity index is 564. The molecule has 3 rings (SSSR count). The summed E-state index contributed by atoms with van der Waals surface area (Å²) >= 11 is 0. The van der Waals surface area contributed by atoms with E-state index in [4.69, 9.17) is 0 Å². The van der Waals surface area contributed by atoms with Crippen molar-refractivity contribution in [1.29, 1.82) is 0 Å². The Balaban J connectivity index is 1.62. The minimum absolute atomic E-state index is 0.0137. The number of aliphatic hydroxyl groups is 1. The summed E-state index contributed by atoms with van der Waals surface area (Å²) in [6.07, 6.45) is 4.30. The minimum Gasteiger partial charge on any atom is -0.392 e. The predicted octanol–water partition coefficient (Wildman–Crippen LogP) is 0.412. The Kier molecular flexibility index (Phi) is 5.20. The molecule has 3 saturated heterocycles. The van der Waals surface area contributed by atoms with Gasteiger partial charge in [0.1, 0.15) is 0 Å². The molecule has 0 aromatic carbocycles. The first-order chi connectivity index (χ1) is 11.3. The molecule has 24 heavy (non-hydrogen) atoms. The highest BCUT2D eigenvalue weighted by Crippen LogP contribution is 2.41.